The minimum atomic E-state index is -5.96. The smallest absolute Gasteiger partial charge is 0.465 e. The number of rotatable bonds is 4. The third-order valence-corrected chi connectivity index (χ3v) is 3.04. The van der Waals surface area contributed by atoms with Gasteiger partial charge in [-0.15, -0.1) is 0 Å². The molecule has 0 bridgehead atoms. The highest BCUT2D eigenvalue weighted by Crippen LogP contribution is 2.30. The SMILES string of the molecule is COC(=O)c1cc(OS(=O)(=O)C(F)(F)F)ccc1[N+](=O)[O-]. The van der Waals surface area contributed by atoms with Crippen molar-refractivity contribution in [2.45, 2.75) is 5.51 Å². The number of ether oxygens (including phenoxy) is 1. The highest BCUT2D eigenvalue weighted by molar-refractivity contribution is 7.88. The Balaban J connectivity index is 3.30. The van der Waals surface area contributed by atoms with Crippen LogP contribution in [0.15, 0.2) is 18.2 Å². The van der Waals surface area contributed by atoms with Crippen LogP contribution < -0.4 is 4.18 Å². The molecule has 0 unspecified atom stereocenters. The van der Waals surface area contributed by atoms with Crippen molar-refractivity contribution in [1.29, 1.82) is 0 Å². The molecule has 0 radical (unpaired) electrons. The normalized spacial score (nSPS) is 11.8. The van der Waals surface area contributed by atoms with Crippen molar-refractivity contribution in [3.63, 3.8) is 0 Å². The number of carbonyl (C=O) groups excluding carboxylic acids is 1. The molecule has 1 rings (SSSR count). The Labute approximate surface area is 115 Å². The Morgan fingerprint density at radius 2 is 1.90 bits per heavy atom. The van der Waals surface area contributed by atoms with Crippen molar-refractivity contribution in [3.8, 4) is 5.75 Å². The first-order chi connectivity index (χ1) is 9.49. The molecule has 0 spiro atoms. The molecule has 0 amide bonds. The topological polar surface area (TPSA) is 113 Å². The molecular weight excluding hydrogens is 323 g/mol. The lowest BCUT2D eigenvalue weighted by Gasteiger charge is -2.10. The van der Waals surface area contributed by atoms with Gasteiger partial charge in [0, 0.05) is 12.1 Å². The Morgan fingerprint density at radius 3 is 2.33 bits per heavy atom. The highest BCUT2D eigenvalue weighted by atomic mass is 32.2. The van der Waals surface area contributed by atoms with Crippen molar-refractivity contribution < 1.29 is 40.2 Å². The van der Waals surface area contributed by atoms with Crippen LogP contribution in [0, 0.1) is 10.1 Å². The summed E-state index contributed by atoms with van der Waals surface area (Å²) in [4.78, 5) is 21.0. The average molecular weight is 329 g/mol. The Hall–Kier alpha value is -2.37. The zero-order chi connectivity index (χ0) is 16.4. The Kier molecular flexibility index (Phi) is 4.41. The zero-order valence-corrected chi connectivity index (χ0v) is 10.9. The standard InChI is InChI=1S/C9H6F3NO7S/c1-19-8(14)6-4-5(2-3-7(6)13(15)16)20-21(17,18)9(10,11)12/h2-4H,1H3. The first kappa shape index (κ1) is 16.7. The largest absolute Gasteiger partial charge is 0.534 e. The highest BCUT2D eigenvalue weighted by Gasteiger charge is 2.48. The summed E-state index contributed by atoms with van der Waals surface area (Å²) in [6.07, 6.45) is 0. The molecule has 12 heteroatoms. The molecule has 0 aliphatic heterocycles. The van der Waals surface area contributed by atoms with E-state index in [4.69, 9.17) is 0 Å². The van der Waals surface area contributed by atoms with Crippen LogP contribution in [-0.2, 0) is 14.9 Å². The van der Waals surface area contributed by atoms with Crippen molar-refractivity contribution in [2.75, 3.05) is 7.11 Å². The van der Waals surface area contributed by atoms with Crippen LogP contribution in [0.2, 0.25) is 0 Å². The Morgan fingerprint density at radius 1 is 1.33 bits per heavy atom. The number of esters is 1. The third-order valence-electron chi connectivity index (χ3n) is 2.06. The van der Waals surface area contributed by atoms with Gasteiger partial charge in [0.25, 0.3) is 5.69 Å². The lowest BCUT2D eigenvalue weighted by molar-refractivity contribution is -0.385. The fourth-order valence-corrected chi connectivity index (χ4v) is 1.63. The van der Waals surface area contributed by atoms with E-state index in [1.54, 1.807) is 0 Å². The number of carbonyl (C=O) groups is 1. The van der Waals surface area contributed by atoms with Gasteiger partial charge in [0.15, 0.2) is 0 Å². The van der Waals surface area contributed by atoms with E-state index in [-0.39, 0.29) is 0 Å². The van der Waals surface area contributed by atoms with E-state index in [1.807, 2.05) is 0 Å². The summed E-state index contributed by atoms with van der Waals surface area (Å²) < 4.78 is 66.0. The second kappa shape index (κ2) is 5.55. The predicted molar refractivity (Wildman–Crippen MR) is 60.0 cm³/mol. The van der Waals surface area contributed by atoms with Crippen LogP contribution >= 0.6 is 0 Å². The number of nitro groups is 1. The van der Waals surface area contributed by atoms with E-state index < -0.39 is 43.5 Å². The van der Waals surface area contributed by atoms with Crippen LogP contribution in [0.4, 0.5) is 18.9 Å². The molecule has 21 heavy (non-hydrogen) atoms. The molecule has 0 atom stereocenters. The molecule has 0 heterocycles. The van der Waals surface area contributed by atoms with Gasteiger partial charge in [-0.3, -0.25) is 10.1 Å². The molecule has 8 nitrogen and oxygen atoms in total. The molecular formula is C9H6F3NO7S. The molecule has 0 aromatic heterocycles. The van der Waals surface area contributed by atoms with Crippen LogP contribution in [0.3, 0.4) is 0 Å². The van der Waals surface area contributed by atoms with Crippen molar-refractivity contribution in [2.24, 2.45) is 0 Å². The van der Waals surface area contributed by atoms with E-state index in [0.29, 0.717) is 18.2 Å². The van der Waals surface area contributed by atoms with Crippen LogP contribution in [0.25, 0.3) is 0 Å². The van der Waals surface area contributed by atoms with E-state index in [1.165, 1.54) is 0 Å². The van der Waals surface area contributed by atoms with Crippen LogP contribution in [-0.4, -0.2) is 31.9 Å². The van der Waals surface area contributed by atoms with Gasteiger partial charge in [0.05, 0.1) is 12.0 Å². The molecule has 0 fully saturated rings. The fraction of sp³-hybridized carbons (Fsp3) is 0.222. The van der Waals surface area contributed by atoms with E-state index >= 15 is 0 Å². The predicted octanol–water partition coefficient (Wildman–Crippen LogP) is 1.61. The quantitative estimate of drug-likeness (QED) is 0.271. The maximum atomic E-state index is 12.1. The summed E-state index contributed by atoms with van der Waals surface area (Å²) in [6.45, 7) is 0. The molecule has 0 saturated heterocycles. The van der Waals surface area contributed by atoms with Gasteiger partial charge in [-0.2, -0.15) is 21.6 Å². The van der Waals surface area contributed by atoms with Gasteiger partial charge in [0.2, 0.25) is 0 Å². The van der Waals surface area contributed by atoms with Crippen molar-refractivity contribution in [3.05, 3.63) is 33.9 Å². The van der Waals surface area contributed by atoms with Gasteiger partial charge in [-0.25, -0.2) is 4.79 Å². The van der Waals surface area contributed by atoms with Gasteiger partial charge < -0.3 is 8.92 Å². The number of nitro benzene ring substituents is 1. The first-order valence-corrected chi connectivity index (χ1v) is 6.28. The van der Waals surface area contributed by atoms with E-state index in [9.17, 15) is 36.5 Å². The molecule has 1 aromatic carbocycles. The number of hydrogen-bond acceptors (Lipinski definition) is 7. The maximum absolute atomic E-state index is 12.1. The summed E-state index contributed by atoms with van der Waals surface area (Å²) in [7, 11) is -5.07. The second-order valence-corrected chi connectivity index (χ2v) is 4.95. The average Bonchev–Trinajstić information content (AvgIpc) is 2.35. The fourth-order valence-electron chi connectivity index (χ4n) is 1.17. The zero-order valence-electron chi connectivity index (χ0n) is 10.1. The second-order valence-electron chi connectivity index (χ2n) is 3.41. The van der Waals surface area contributed by atoms with Crippen molar-refractivity contribution >= 4 is 21.8 Å². The molecule has 1 aromatic rings. The lowest BCUT2D eigenvalue weighted by atomic mass is 10.2. The summed E-state index contributed by atoms with van der Waals surface area (Å²) in [5.74, 6) is -2.16. The maximum Gasteiger partial charge on any atom is 0.534 e. The van der Waals surface area contributed by atoms with Gasteiger partial charge >= 0.3 is 21.6 Å². The van der Waals surface area contributed by atoms with Crippen molar-refractivity contribution in [1.82, 2.24) is 0 Å². The molecule has 0 saturated carbocycles. The molecule has 0 N–H and O–H groups in total. The molecule has 116 valence electrons. The molecule has 0 aliphatic carbocycles. The number of nitrogens with zero attached hydrogens (tertiary/aromatic N) is 1. The van der Waals surface area contributed by atoms with Gasteiger partial charge in [0.1, 0.15) is 11.3 Å². The number of methoxy groups -OCH3 is 1. The first-order valence-electron chi connectivity index (χ1n) is 4.87. The van der Waals surface area contributed by atoms with E-state index in [2.05, 4.69) is 8.92 Å². The van der Waals surface area contributed by atoms with Crippen LogP contribution in [0.1, 0.15) is 10.4 Å². The number of hydrogen-bond donors (Lipinski definition) is 0. The van der Waals surface area contributed by atoms with Crippen LogP contribution in [0.5, 0.6) is 5.75 Å². The third kappa shape index (κ3) is 3.59. The minimum absolute atomic E-state index is 0.466. The van der Waals surface area contributed by atoms with E-state index in [0.717, 1.165) is 7.11 Å². The molecule has 0 aliphatic rings. The summed E-state index contributed by atoms with van der Waals surface area (Å²) >= 11 is 0. The Bertz CT molecular complexity index is 683. The van der Waals surface area contributed by atoms with Gasteiger partial charge in [-0.05, 0) is 6.07 Å². The monoisotopic (exact) mass is 329 g/mol. The number of halogens is 3. The number of benzene rings is 1. The summed E-state index contributed by atoms with van der Waals surface area (Å²) in [6, 6.07) is 1.69. The lowest BCUT2D eigenvalue weighted by Crippen LogP contribution is -2.28. The summed E-state index contributed by atoms with van der Waals surface area (Å²) in [5.41, 5.74) is -7.21. The minimum Gasteiger partial charge on any atom is -0.465 e. The van der Waals surface area contributed by atoms with Gasteiger partial charge in [-0.1, -0.05) is 0 Å². The summed E-state index contributed by atoms with van der Waals surface area (Å²) in [5, 5.41) is 10.7. The number of alkyl halides is 3.